The van der Waals surface area contributed by atoms with E-state index in [0.717, 1.165) is 19.6 Å². The van der Waals surface area contributed by atoms with Gasteiger partial charge >= 0.3 is 0 Å². The average Bonchev–Trinajstić information content (AvgIpc) is 2.49. The van der Waals surface area contributed by atoms with Crippen molar-refractivity contribution in [3.05, 3.63) is 18.0 Å². The number of hydrogen-bond acceptors (Lipinski definition) is 2. The summed E-state index contributed by atoms with van der Waals surface area (Å²) in [7, 11) is 0. The standard InChI is InChI=1S/C11H21N3/c1-5-14-10(6-7-13-14)8-12-9-11(2,3)4/h6-7,12H,5,8-9H2,1-4H3. The van der Waals surface area contributed by atoms with E-state index >= 15 is 0 Å². The van der Waals surface area contributed by atoms with Gasteiger partial charge in [-0.15, -0.1) is 0 Å². The first-order valence-corrected chi connectivity index (χ1v) is 5.24. The van der Waals surface area contributed by atoms with E-state index in [1.165, 1.54) is 5.69 Å². The van der Waals surface area contributed by atoms with E-state index in [1.54, 1.807) is 0 Å². The van der Waals surface area contributed by atoms with Crippen molar-refractivity contribution in [3.8, 4) is 0 Å². The van der Waals surface area contributed by atoms with Crippen LogP contribution < -0.4 is 5.32 Å². The van der Waals surface area contributed by atoms with E-state index in [2.05, 4.69) is 44.2 Å². The van der Waals surface area contributed by atoms with Crippen molar-refractivity contribution in [2.45, 2.75) is 40.8 Å². The molecule has 0 spiro atoms. The van der Waals surface area contributed by atoms with E-state index in [-0.39, 0.29) is 0 Å². The molecule has 1 rings (SSSR count). The number of aromatic nitrogens is 2. The first kappa shape index (κ1) is 11.2. The van der Waals surface area contributed by atoms with Gasteiger partial charge in [0.1, 0.15) is 0 Å². The van der Waals surface area contributed by atoms with Crippen LogP contribution in [0.15, 0.2) is 12.3 Å². The van der Waals surface area contributed by atoms with E-state index < -0.39 is 0 Å². The van der Waals surface area contributed by atoms with Crippen LogP contribution in [-0.2, 0) is 13.1 Å². The summed E-state index contributed by atoms with van der Waals surface area (Å²) < 4.78 is 2.02. The van der Waals surface area contributed by atoms with Crippen molar-refractivity contribution in [2.24, 2.45) is 5.41 Å². The molecule has 0 amide bonds. The molecule has 3 heteroatoms. The molecule has 0 fully saturated rings. The Morgan fingerprint density at radius 3 is 2.71 bits per heavy atom. The Bertz CT molecular complexity index is 270. The van der Waals surface area contributed by atoms with Crippen LogP contribution in [0.4, 0.5) is 0 Å². The van der Waals surface area contributed by atoms with Crippen LogP contribution in [0.3, 0.4) is 0 Å². The minimum atomic E-state index is 0.344. The lowest BCUT2D eigenvalue weighted by Crippen LogP contribution is -2.27. The van der Waals surface area contributed by atoms with Gasteiger partial charge in [-0.3, -0.25) is 4.68 Å². The highest BCUT2D eigenvalue weighted by Gasteiger charge is 2.09. The molecule has 0 saturated carbocycles. The highest BCUT2D eigenvalue weighted by atomic mass is 15.3. The molecule has 80 valence electrons. The van der Waals surface area contributed by atoms with Crippen LogP contribution in [0.5, 0.6) is 0 Å². The SMILES string of the molecule is CCn1nccc1CNCC(C)(C)C. The van der Waals surface area contributed by atoms with E-state index in [9.17, 15) is 0 Å². The maximum absolute atomic E-state index is 4.23. The Labute approximate surface area is 86.5 Å². The quantitative estimate of drug-likeness (QED) is 0.796. The predicted octanol–water partition coefficient (Wildman–Crippen LogP) is 2.04. The van der Waals surface area contributed by atoms with Gasteiger partial charge in [-0.2, -0.15) is 5.10 Å². The van der Waals surface area contributed by atoms with Crippen LogP contribution in [0.2, 0.25) is 0 Å². The van der Waals surface area contributed by atoms with Gasteiger partial charge in [0.25, 0.3) is 0 Å². The van der Waals surface area contributed by atoms with Gasteiger partial charge in [-0.1, -0.05) is 20.8 Å². The second-order valence-corrected chi connectivity index (χ2v) is 4.80. The Kier molecular flexibility index (Phi) is 3.69. The first-order valence-electron chi connectivity index (χ1n) is 5.24. The smallest absolute Gasteiger partial charge is 0.0521 e. The largest absolute Gasteiger partial charge is 0.311 e. The van der Waals surface area contributed by atoms with E-state index in [4.69, 9.17) is 0 Å². The summed E-state index contributed by atoms with van der Waals surface area (Å²) in [4.78, 5) is 0. The molecule has 14 heavy (non-hydrogen) atoms. The monoisotopic (exact) mass is 195 g/mol. The molecule has 0 bridgehead atoms. The molecule has 1 aromatic rings. The molecule has 0 radical (unpaired) electrons. The lowest BCUT2D eigenvalue weighted by molar-refractivity contribution is 0.375. The fourth-order valence-electron chi connectivity index (χ4n) is 1.36. The third-order valence-corrected chi connectivity index (χ3v) is 2.07. The molecule has 0 atom stereocenters. The maximum atomic E-state index is 4.23. The average molecular weight is 195 g/mol. The van der Waals surface area contributed by atoms with Gasteiger partial charge in [0.15, 0.2) is 0 Å². The minimum absolute atomic E-state index is 0.344. The Morgan fingerprint density at radius 1 is 1.43 bits per heavy atom. The van der Waals surface area contributed by atoms with Crippen molar-refractivity contribution in [3.63, 3.8) is 0 Å². The van der Waals surface area contributed by atoms with Gasteiger partial charge < -0.3 is 5.32 Å². The van der Waals surface area contributed by atoms with Crippen molar-refractivity contribution in [1.29, 1.82) is 0 Å². The molecule has 0 aromatic carbocycles. The molecule has 3 nitrogen and oxygen atoms in total. The van der Waals surface area contributed by atoms with Gasteiger partial charge in [-0.05, 0) is 18.4 Å². The molecule has 1 aromatic heterocycles. The third-order valence-electron chi connectivity index (χ3n) is 2.07. The maximum Gasteiger partial charge on any atom is 0.0521 e. The number of nitrogens with one attached hydrogen (secondary N) is 1. The predicted molar refractivity (Wildman–Crippen MR) is 59.1 cm³/mol. The zero-order valence-electron chi connectivity index (χ0n) is 9.67. The van der Waals surface area contributed by atoms with Gasteiger partial charge in [0.05, 0.1) is 5.69 Å². The van der Waals surface area contributed by atoms with Gasteiger partial charge in [0.2, 0.25) is 0 Å². The number of nitrogens with zero attached hydrogens (tertiary/aromatic N) is 2. The van der Waals surface area contributed by atoms with Crippen LogP contribution in [0.1, 0.15) is 33.4 Å². The molecule has 0 unspecified atom stereocenters. The number of hydrogen-bond donors (Lipinski definition) is 1. The summed E-state index contributed by atoms with van der Waals surface area (Å²) in [5.41, 5.74) is 1.61. The lowest BCUT2D eigenvalue weighted by Gasteiger charge is -2.18. The summed E-state index contributed by atoms with van der Waals surface area (Å²) in [5.74, 6) is 0. The molecule has 1 N–H and O–H groups in total. The second kappa shape index (κ2) is 4.60. The molecule has 0 saturated heterocycles. The van der Waals surface area contributed by atoms with Gasteiger partial charge in [-0.25, -0.2) is 0 Å². The van der Waals surface area contributed by atoms with E-state index in [0.29, 0.717) is 5.41 Å². The lowest BCUT2D eigenvalue weighted by atomic mass is 9.97. The van der Waals surface area contributed by atoms with E-state index in [1.807, 2.05) is 10.9 Å². The normalized spacial score (nSPS) is 12.0. The van der Waals surface area contributed by atoms with Crippen molar-refractivity contribution >= 4 is 0 Å². The number of aryl methyl sites for hydroxylation is 1. The number of rotatable bonds is 4. The molecule has 0 aliphatic carbocycles. The summed E-state index contributed by atoms with van der Waals surface area (Å²) in [6, 6.07) is 2.07. The molecular formula is C11H21N3. The molecule has 1 heterocycles. The van der Waals surface area contributed by atoms with Crippen LogP contribution in [0, 0.1) is 5.41 Å². The summed E-state index contributed by atoms with van der Waals surface area (Å²) in [6.07, 6.45) is 1.86. The Hall–Kier alpha value is -0.830. The highest BCUT2D eigenvalue weighted by molar-refractivity contribution is 4.99. The summed E-state index contributed by atoms with van der Waals surface area (Å²) >= 11 is 0. The van der Waals surface area contributed by atoms with Crippen LogP contribution >= 0.6 is 0 Å². The van der Waals surface area contributed by atoms with Gasteiger partial charge in [0, 0.05) is 25.8 Å². The highest BCUT2D eigenvalue weighted by Crippen LogP contribution is 2.10. The summed E-state index contributed by atoms with van der Waals surface area (Å²) in [6.45, 7) is 11.7. The Balaban J connectivity index is 2.38. The zero-order chi connectivity index (χ0) is 10.6. The fraction of sp³-hybridized carbons (Fsp3) is 0.727. The van der Waals surface area contributed by atoms with Crippen LogP contribution in [-0.4, -0.2) is 16.3 Å². The Morgan fingerprint density at radius 2 is 2.14 bits per heavy atom. The topological polar surface area (TPSA) is 29.9 Å². The minimum Gasteiger partial charge on any atom is -0.311 e. The van der Waals surface area contributed by atoms with Crippen LogP contribution in [0.25, 0.3) is 0 Å². The van der Waals surface area contributed by atoms with Crippen molar-refractivity contribution < 1.29 is 0 Å². The zero-order valence-corrected chi connectivity index (χ0v) is 9.67. The third kappa shape index (κ3) is 3.50. The fourth-order valence-corrected chi connectivity index (χ4v) is 1.36. The molecule has 0 aliphatic rings. The van der Waals surface area contributed by atoms with Crippen molar-refractivity contribution in [2.75, 3.05) is 6.54 Å². The second-order valence-electron chi connectivity index (χ2n) is 4.80. The summed E-state index contributed by atoms with van der Waals surface area (Å²) in [5, 5.41) is 7.67. The molecular weight excluding hydrogens is 174 g/mol. The first-order chi connectivity index (χ1) is 6.53. The van der Waals surface area contributed by atoms with Crippen molar-refractivity contribution in [1.82, 2.24) is 15.1 Å². The molecule has 0 aliphatic heterocycles.